The maximum absolute atomic E-state index is 13.0. The third-order valence-corrected chi connectivity index (χ3v) is 9.96. The van der Waals surface area contributed by atoms with E-state index >= 15 is 0 Å². The molecule has 2 atom stereocenters. The van der Waals surface area contributed by atoms with E-state index in [0.717, 1.165) is 54.7 Å². The number of carbonyl (C=O) groups is 6. The Bertz CT molecular complexity index is 1570. The molecular formula is C35H38N4O6. The Balaban J connectivity index is 1.70. The first kappa shape index (κ1) is 31.6. The zero-order chi connectivity index (χ0) is 33.1. The summed E-state index contributed by atoms with van der Waals surface area (Å²) in [5.74, 6) is -2.26. The van der Waals surface area contributed by atoms with Gasteiger partial charge in [-0.2, -0.15) is 0 Å². The number of benzene rings is 2. The molecular weight excluding hydrogens is 572 g/mol. The van der Waals surface area contributed by atoms with E-state index in [1.807, 2.05) is 36.4 Å². The summed E-state index contributed by atoms with van der Waals surface area (Å²) in [5.41, 5.74) is 4.91. The van der Waals surface area contributed by atoms with Gasteiger partial charge < -0.3 is 0 Å². The number of barbiturate groups is 2. The molecule has 2 fully saturated rings. The lowest BCUT2D eigenvalue weighted by atomic mass is 9.60. The second-order valence-corrected chi connectivity index (χ2v) is 12.2. The molecule has 0 saturated carbocycles. The van der Waals surface area contributed by atoms with Gasteiger partial charge in [-0.15, -0.1) is 0 Å². The van der Waals surface area contributed by atoms with Crippen molar-refractivity contribution in [2.24, 2.45) is 11.8 Å². The maximum Gasteiger partial charge on any atom is 0.333 e. The van der Waals surface area contributed by atoms with Crippen molar-refractivity contribution in [1.82, 2.24) is 19.6 Å². The van der Waals surface area contributed by atoms with Crippen LogP contribution in [0.15, 0.2) is 47.5 Å². The SMILES string of the molecule is CCC(C)C1(C(C)CC)c2cc(C=C3C(=O)N(C)C(=O)N(C)C3=O)ccc2-c2ccc(C=C3C(=O)N(C)C(=O)N(C)C3=O)cc21. The Labute approximate surface area is 262 Å². The first-order valence-corrected chi connectivity index (χ1v) is 15.1. The number of hydrogen-bond donors (Lipinski definition) is 0. The van der Waals surface area contributed by atoms with Crippen LogP contribution in [0.2, 0.25) is 0 Å². The summed E-state index contributed by atoms with van der Waals surface area (Å²) in [6.45, 7) is 8.73. The van der Waals surface area contributed by atoms with Gasteiger partial charge in [-0.05, 0) is 57.4 Å². The molecule has 2 heterocycles. The highest BCUT2D eigenvalue weighted by Crippen LogP contribution is 2.58. The van der Waals surface area contributed by atoms with Crippen LogP contribution in [0.25, 0.3) is 23.3 Å². The number of hydrogen-bond acceptors (Lipinski definition) is 6. The third kappa shape index (κ3) is 4.53. The number of rotatable bonds is 6. The molecule has 234 valence electrons. The summed E-state index contributed by atoms with van der Waals surface area (Å²) in [6.07, 6.45) is 4.83. The Hall–Kier alpha value is -4.86. The summed E-state index contributed by atoms with van der Waals surface area (Å²) < 4.78 is 0. The summed E-state index contributed by atoms with van der Waals surface area (Å²) in [6, 6.07) is 10.5. The van der Waals surface area contributed by atoms with Gasteiger partial charge in [0, 0.05) is 33.6 Å². The highest BCUT2D eigenvalue weighted by atomic mass is 16.2. The van der Waals surface area contributed by atoms with Crippen molar-refractivity contribution >= 4 is 47.8 Å². The molecule has 0 bridgehead atoms. The van der Waals surface area contributed by atoms with Crippen LogP contribution in [0.5, 0.6) is 0 Å². The summed E-state index contributed by atoms with van der Waals surface area (Å²) in [5, 5.41) is 0. The summed E-state index contributed by atoms with van der Waals surface area (Å²) >= 11 is 0. The minimum atomic E-state index is -0.675. The van der Waals surface area contributed by atoms with Crippen LogP contribution in [-0.4, -0.2) is 83.5 Å². The first-order chi connectivity index (χ1) is 21.2. The Morgan fingerprint density at radius 1 is 0.578 bits per heavy atom. The van der Waals surface area contributed by atoms with Gasteiger partial charge >= 0.3 is 12.1 Å². The van der Waals surface area contributed by atoms with Crippen molar-refractivity contribution in [3.8, 4) is 11.1 Å². The zero-order valence-corrected chi connectivity index (χ0v) is 26.9. The maximum atomic E-state index is 13.0. The Kier molecular flexibility index (Phi) is 7.89. The molecule has 0 N–H and O–H groups in total. The minimum Gasteiger partial charge on any atom is -0.268 e. The van der Waals surface area contributed by atoms with Crippen LogP contribution in [0.1, 0.15) is 62.8 Å². The van der Waals surface area contributed by atoms with Crippen molar-refractivity contribution in [3.63, 3.8) is 0 Å². The van der Waals surface area contributed by atoms with E-state index in [-0.39, 0.29) is 23.0 Å². The lowest BCUT2D eigenvalue weighted by molar-refractivity contribution is -0.135. The van der Waals surface area contributed by atoms with E-state index in [2.05, 4.69) is 27.7 Å². The van der Waals surface area contributed by atoms with Crippen LogP contribution in [0, 0.1) is 11.8 Å². The molecule has 0 radical (unpaired) electrons. The molecule has 8 amide bonds. The van der Waals surface area contributed by atoms with Crippen molar-refractivity contribution in [1.29, 1.82) is 0 Å². The highest BCUT2D eigenvalue weighted by Gasteiger charge is 2.50. The monoisotopic (exact) mass is 610 g/mol. The molecule has 2 aliphatic heterocycles. The number of carbonyl (C=O) groups excluding carboxylic acids is 6. The van der Waals surface area contributed by atoms with Crippen LogP contribution in [0.4, 0.5) is 9.59 Å². The predicted molar refractivity (Wildman–Crippen MR) is 169 cm³/mol. The molecule has 2 unspecified atom stereocenters. The topological polar surface area (TPSA) is 115 Å². The fourth-order valence-corrected chi connectivity index (χ4v) is 7.08. The smallest absolute Gasteiger partial charge is 0.268 e. The van der Waals surface area contributed by atoms with Gasteiger partial charge in [0.15, 0.2) is 0 Å². The molecule has 1 aliphatic carbocycles. The molecule has 5 rings (SSSR count). The third-order valence-electron chi connectivity index (χ3n) is 9.96. The molecule has 0 aromatic heterocycles. The number of likely N-dealkylation sites (N-methyl/N-ethyl adjacent to an activating group) is 4. The van der Waals surface area contributed by atoms with Crippen LogP contribution >= 0.6 is 0 Å². The minimum absolute atomic E-state index is 0.0862. The second kappa shape index (κ2) is 11.3. The van der Waals surface area contributed by atoms with Crippen molar-refractivity contribution in [3.05, 3.63) is 69.8 Å². The lowest BCUT2D eigenvalue weighted by Crippen LogP contribution is -2.52. The Morgan fingerprint density at radius 2 is 0.889 bits per heavy atom. The van der Waals surface area contributed by atoms with Crippen molar-refractivity contribution < 1.29 is 28.8 Å². The van der Waals surface area contributed by atoms with Gasteiger partial charge in [0.1, 0.15) is 11.1 Å². The van der Waals surface area contributed by atoms with E-state index in [4.69, 9.17) is 0 Å². The largest absolute Gasteiger partial charge is 0.333 e. The van der Waals surface area contributed by atoms with Gasteiger partial charge in [0.05, 0.1) is 0 Å². The fourth-order valence-electron chi connectivity index (χ4n) is 7.08. The fraction of sp³-hybridized carbons (Fsp3) is 0.371. The second-order valence-electron chi connectivity index (χ2n) is 12.2. The molecule has 10 nitrogen and oxygen atoms in total. The van der Waals surface area contributed by atoms with E-state index in [0.29, 0.717) is 11.1 Å². The molecule has 2 aromatic rings. The molecule has 2 saturated heterocycles. The predicted octanol–water partition coefficient (Wildman–Crippen LogP) is 4.91. The van der Waals surface area contributed by atoms with Crippen LogP contribution in [-0.2, 0) is 24.6 Å². The quantitative estimate of drug-likeness (QED) is 0.339. The first-order valence-electron chi connectivity index (χ1n) is 15.1. The van der Waals surface area contributed by atoms with E-state index in [1.54, 1.807) is 12.2 Å². The van der Waals surface area contributed by atoms with Gasteiger partial charge in [0.25, 0.3) is 23.6 Å². The average Bonchev–Trinajstić information content (AvgIpc) is 3.33. The molecule has 3 aliphatic rings. The summed E-state index contributed by atoms with van der Waals surface area (Å²) in [7, 11) is 5.42. The molecule has 10 heteroatoms. The normalized spacial score (nSPS) is 19.3. The summed E-state index contributed by atoms with van der Waals surface area (Å²) in [4.78, 5) is 80.1. The number of nitrogens with zero attached hydrogens (tertiary/aromatic N) is 4. The van der Waals surface area contributed by atoms with Crippen molar-refractivity contribution in [2.45, 2.75) is 46.0 Å². The van der Waals surface area contributed by atoms with E-state index in [1.165, 1.54) is 28.2 Å². The van der Waals surface area contributed by atoms with Gasteiger partial charge in [-0.25, -0.2) is 9.59 Å². The van der Waals surface area contributed by atoms with Crippen molar-refractivity contribution in [2.75, 3.05) is 28.2 Å². The van der Waals surface area contributed by atoms with Crippen LogP contribution in [0.3, 0.4) is 0 Å². The molecule has 0 spiro atoms. The van der Waals surface area contributed by atoms with E-state index < -0.39 is 41.1 Å². The van der Waals surface area contributed by atoms with Gasteiger partial charge in [-0.1, -0.05) is 76.9 Å². The number of imide groups is 4. The number of amides is 8. The average molecular weight is 611 g/mol. The number of fused-ring (bicyclic) bond motifs is 3. The lowest BCUT2D eigenvalue weighted by Gasteiger charge is -2.43. The van der Waals surface area contributed by atoms with E-state index in [9.17, 15) is 28.8 Å². The molecule has 2 aromatic carbocycles. The van der Waals surface area contributed by atoms with Crippen LogP contribution < -0.4 is 0 Å². The standard InChI is InChI=1S/C35H38N4O6/c1-9-19(3)35(20(4)10-2)27-17-21(15-25-29(40)36(5)33(44)37(6)30(25)41)11-13-23(27)24-14-12-22(18-28(24)35)16-26-31(42)38(7)34(45)39(8)32(26)43/h11-20H,9-10H2,1-8H3. The highest BCUT2D eigenvalue weighted by molar-refractivity contribution is 6.31. The zero-order valence-electron chi connectivity index (χ0n) is 26.9. The Morgan fingerprint density at radius 3 is 1.18 bits per heavy atom. The number of urea groups is 2. The molecule has 45 heavy (non-hydrogen) atoms. The van der Waals surface area contributed by atoms with Gasteiger partial charge in [0.2, 0.25) is 0 Å². The van der Waals surface area contributed by atoms with Gasteiger partial charge in [-0.3, -0.25) is 38.8 Å².